The van der Waals surface area contributed by atoms with E-state index in [1.54, 1.807) is 12.0 Å². The fraction of sp³-hybridized carbons (Fsp3) is 0.391. The highest BCUT2D eigenvalue weighted by Gasteiger charge is 2.34. The van der Waals surface area contributed by atoms with Gasteiger partial charge in [0.1, 0.15) is 5.75 Å². The van der Waals surface area contributed by atoms with Gasteiger partial charge < -0.3 is 15.0 Å². The first-order chi connectivity index (χ1) is 13.3. The minimum absolute atomic E-state index is 0.0130. The Morgan fingerprint density at radius 3 is 2.32 bits per heavy atom. The van der Waals surface area contributed by atoms with Crippen molar-refractivity contribution in [2.24, 2.45) is 5.92 Å². The first-order valence-electron chi connectivity index (χ1n) is 9.58. The first kappa shape index (κ1) is 19.9. The molecule has 5 heteroatoms. The summed E-state index contributed by atoms with van der Waals surface area (Å²) >= 11 is 0. The van der Waals surface area contributed by atoms with Gasteiger partial charge in [0.15, 0.2) is 0 Å². The van der Waals surface area contributed by atoms with Gasteiger partial charge in [-0.2, -0.15) is 0 Å². The van der Waals surface area contributed by atoms with Crippen molar-refractivity contribution in [1.82, 2.24) is 4.90 Å². The second-order valence-corrected chi connectivity index (χ2v) is 8.34. The summed E-state index contributed by atoms with van der Waals surface area (Å²) < 4.78 is 5.16. The molecule has 1 aliphatic heterocycles. The Kier molecular flexibility index (Phi) is 5.73. The fourth-order valence-electron chi connectivity index (χ4n) is 3.35. The van der Waals surface area contributed by atoms with Gasteiger partial charge in [-0.3, -0.25) is 9.59 Å². The van der Waals surface area contributed by atoms with E-state index < -0.39 is 0 Å². The zero-order chi connectivity index (χ0) is 20.3. The Morgan fingerprint density at radius 2 is 1.75 bits per heavy atom. The molecule has 0 spiro atoms. The van der Waals surface area contributed by atoms with E-state index in [1.165, 1.54) is 5.56 Å². The number of ether oxygens (including phenoxy) is 1. The monoisotopic (exact) mass is 380 g/mol. The molecule has 1 saturated heterocycles. The highest BCUT2D eigenvalue weighted by Crippen LogP contribution is 2.25. The van der Waals surface area contributed by atoms with Crippen molar-refractivity contribution in [2.45, 2.75) is 39.2 Å². The third-order valence-electron chi connectivity index (χ3n) is 5.14. The number of carbonyl (C=O) groups is 2. The molecule has 2 amide bonds. The molecule has 1 N–H and O–H groups in total. The number of carbonyl (C=O) groups excluding carboxylic acids is 2. The first-order valence-corrected chi connectivity index (χ1v) is 9.58. The van der Waals surface area contributed by atoms with Gasteiger partial charge in [-0.15, -0.1) is 0 Å². The molecular formula is C23H28N2O3. The van der Waals surface area contributed by atoms with E-state index in [0.717, 1.165) is 17.0 Å². The molecule has 0 aromatic heterocycles. The van der Waals surface area contributed by atoms with E-state index in [9.17, 15) is 9.59 Å². The number of benzene rings is 2. The lowest BCUT2D eigenvalue weighted by Crippen LogP contribution is -2.28. The SMILES string of the molecule is COc1ccc(CN2CC(C(=O)Nc3ccc(C(C)(C)C)cc3)CC2=O)cc1. The van der Waals surface area contributed by atoms with E-state index in [1.807, 2.05) is 48.5 Å². The van der Waals surface area contributed by atoms with Crippen molar-refractivity contribution in [3.8, 4) is 5.75 Å². The molecule has 1 aliphatic rings. The fourth-order valence-corrected chi connectivity index (χ4v) is 3.35. The average molecular weight is 380 g/mol. The molecular weight excluding hydrogens is 352 g/mol. The van der Waals surface area contributed by atoms with E-state index in [0.29, 0.717) is 13.1 Å². The molecule has 0 bridgehead atoms. The smallest absolute Gasteiger partial charge is 0.229 e. The Bertz CT molecular complexity index is 836. The van der Waals surface area contributed by atoms with Crippen LogP contribution in [0.4, 0.5) is 5.69 Å². The Labute approximate surface area is 166 Å². The molecule has 1 fully saturated rings. The van der Waals surface area contributed by atoms with Gasteiger partial charge in [-0.25, -0.2) is 0 Å². The van der Waals surface area contributed by atoms with Gasteiger partial charge in [0, 0.05) is 25.2 Å². The van der Waals surface area contributed by atoms with Crippen LogP contribution < -0.4 is 10.1 Å². The number of anilines is 1. The highest BCUT2D eigenvalue weighted by atomic mass is 16.5. The predicted octanol–water partition coefficient (Wildman–Crippen LogP) is 3.98. The summed E-state index contributed by atoms with van der Waals surface area (Å²) in [4.78, 5) is 26.7. The lowest BCUT2D eigenvalue weighted by molar-refractivity contribution is -0.128. The molecule has 148 valence electrons. The van der Waals surface area contributed by atoms with Gasteiger partial charge in [0.2, 0.25) is 11.8 Å². The summed E-state index contributed by atoms with van der Waals surface area (Å²) in [6.07, 6.45) is 0.252. The normalized spacial score (nSPS) is 16.9. The molecule has 2 aromatic carbocycles. The summed E-state index contributed by atoms with van der Waals surface area (Å²) in [7, 11) is 1.62. The molecule has 0 radical (unpaired) electrons. The van der Waals surface area contributed by atoms with Crippen molar-refractivity contribution >= 4 is 17.5 Å². The highest BCUT2D eigenvalue weighted by molar-refractivity contribution is 5.97. The van der Waals surface area contributed by atoms with Gasteiger partial charge in [0.25, 0.3) is 0 Å². The van der Waals surface area contributed by atoms with Crippen molar-refractivity contribution < 1.29 is 14.3 Å². The maximum Gasteiger partial charge on any atom is 0.229 e. The van der Waals surface area contributed by atoms with Crippen LogP contribution in [0.3, 0.4) is 0 Å². The molecule has 2 aromatic rings. The number of methoxy groups -OCH3 is 1. The van der Waals surface area contributed by atoms with Crippen LogP contribution in [0.5, 0.6) is 5.75 Å². The number of hydrogen-bond donors (Lipinski definition) is 1. The standard InChI is InChI=1S/C23H28N2O3/c1-23(2,3)18-7-9-19(10-8-18)24-22(27)17-13-21(26)25(15-17)14-16-5-11-20(28-4)12-6-16/h5-12,17H,13-15H2,1-4H3,(H,24,27). The van der Waals surface area contributed by atoms with E-state index >= 15 is 0 Å². The summed E-state index contributed by atoms with van der Waals surface area (Å²) in [6, 6.07) is 15.5. The number of nitrogens with zero attached hydrogens (tertiary/aromatic N) is 1. The van der Waals surface area contributed by atoms with Crippen LogP contribution in [-0.2, 0) is 21.5 Å². The van der Waals surface area contributed by atoms with Crippen LogP contribution in [-0.4, -0.2) is 30.4 Å². The van der Waals surface area contributed by atoms with Crippen molar-refractivity contribution in [1.29, 1.82) is 0 Å². The molecule has 3 rings (SSSR count). The van der Waals surface area contributed by atoms with E-state index in [4.69, 9.17) is 4.74 Å². The average Bonchev–Trinajstić information content (AvgIpc) is 3.03. The zero-order valence-corrected chi connectivity index (χ0v) is 17.0. The molecule has 1 unspecified atom stereocenters. The number of amides is 2. The summed E-state index contributed by atoms with van der Waals surface area (Å²) in [5, 5.41) is 2.95. The Balaban J connectivity index is 1.58. The van der Waals surface area contributed by atoms with Crippen LogP contribution in [0.15, 0.2) is 48.5 Å². The van der Waals surface area contributed by atoms with Gasteiger partial charge in [-0.1, -0.05) is 45.0 Å². The van der Waals surface area contributed by atoms with Gasteiger partial charge in [-0.05, 0) is 40.8 Å². The molecule has 1 heterocycles. The van der Waals surface area contributed by atoms with Crippen molar-refractivity contribution in [3.63, 3.8) is 0 Å². The third kappa shape index (κ3) is 4.71. The van der Waals surface area contributed by atoms with Crippen LogP contribution in [0.25, 0.3) is 0 Å². The summed E-state index contributed by atoms with van der Waals surface area (Å²) in [5.74, 6) is 0.368. The molecule has 5 nitrogen and oxygen atoms in total. The van der Waals surface area contributed by atoms with Crippen LogP contribution in [0, 0.1) is 5.92 Å². The number of hydrogen-bond acceptors (Lipinski definition) is 3. The Morgan fingerprint density at radius 1 is 1.11 bits per heavy atom. The lowest BCUT2D eigenvalue weighted by Gasteiger charge is -2.19. The summed E-state index contributed by atoms with van der Waals surface area (Å²) in [5.41, 5.74) is 3.07. The van der Waals surface area contributed by atoms with Gasteiger partial charge in [0.05, 0.1) is 13.0 Å². The number of nitrogens with one attached hydrogen (secondary N) is 1. The quantitative estimate of drug-likeness (QED) is 0.854. The van der Waals surface area contributed by atoms with Crippen molar-refractivity contribution in [2.75, 3.05) is 19.0 Å². The summed E-state index contributed by atoms with van der Waals surface area (Å²) in [6.45, 7) is 7.41. The molecule has 0 aliphatic carbocycles. The minimum Gasteiger partial charge on any atom is -0.497 e. The van der Waals surface area contributed by atoms with Crippen LogP contribution in [0.1, 0.15) is 38.3 Å². The van der Waals surface area contributed by atoms with E-state index in [2.05, 4.69) is 26.1 Å². The number of rotatable bonds is 5. The largest absolute Gasteiger partial charge is 0.497 e. The molecule has 0 saturated carbocycles. The molecule has 28 heavy (non-hydrogen) atoms. The van der Waals surface area contributed by atoms with E-state index in [-0.39, 0.29) is 29.6 Å². The van der Waals surface area contributed by atoms with Crippen molar-refractivity contribution in [3.05, 3.63) is 59.7 Å². The van der Waals surface area contributed by atoms with Crippen LogP contribution in [0.2, 0.25) is 0 Å². The van der Waals surface area contributed by atoms with Gasteiger partial charge >= 0.3 is 0 Å². The minimum atomic E-state index is -0.326. The zero-order valence-electron chi connectivity index (χ0n) is 17.0. The molecule has 1 atom stereocenters. The maximum absolute atomic E-state index is 12.6. The third-order valence-corrected chi connectivity index (χ3v) is 5.14. The van der Waals surface area contributed by atoms with Crippen LogP contribution >= 0.6 is 0 Å². The predicted molar refractivity (Wildman–Crippen MR) is 110 cm³/mol. The second kappa shape index (κ2) is 8.05. The number of likely N-dealkylation sites (tertiary alicyclic amines) is 1. The maximum atomic E-state index is 12.6. The second-order valence-electron chi connectivity index (χ2n) is 8.34. The Hall–Kier alpha value is -2.82. The lowest BCUT2D eigenvalue weighted by atomic mass is 9.87. The topological polar surface area (TPSA) is 58.6 Å².